The van der Waals surface area contributed by atoms with E-state index in [1.807, 2.05) is 18.2 Å². The molecule has 2 fully saturated rings. The van der Waals surface area contributed by atoms with Gasteiger partial charge in [0.2, 0.25) is 5.91 Å². The van der Waals surface area contributed by atoms with E-state index in [1.165, 1.54) is 0 Å². The van der Waals surface area contributed by atoms with Gasteiger partial charge in [-0.3, -0.25) is 4.79 Å². The summed E-state index contributed by atoms with van der Waals surface area (Å²) in [6.07, 6.45) is 0.902. The number of hydrogen-bond acceptors (Lipinski definition) is 4. The van der Waals surface area contributed by atoms with Gasteiger partial charge in [-0.1, -0.05) is 11.6 Å². The Bertz CT molecular complexity index is 524. The van der Waals surface area contributed by atoms with Gasteiger partial charge in [0, 0.05) is 31.9 Å². The summed E-state index contributed by atoms with van der Waals surface area (Å²) in [6.45, 7) is 4.97. The first-order valence-corrected chi connectivity index (χ1v) is 7.78. The predicted molar refractivity (Wildman–Crippen MR) is 86.2 cm³/mol. The summed E-state index contributed by atoms with van der Waals surface area (Å²) >= 11 is 6.39. The normalized spacial score (nSPS) is 22.8. The molecule has 2 saturated heterocycles. The number of anilines is 2. The van der Waals surface area contributed by atoms with Crippen LogP contribution in [0.1, 0.15) is 6.42 Å². The van der Waals surface area contributed by atoms with Gasteiger partial charge < -0.3 is 20.4 Å². The Kier molecular flexibility index (Phi) is 4.33. The van der Waals surface area contributed by atoms with Crippen molar-refractivity contribution in [2.45, 2.75) is 12.5 Å². The van der Waals surface area contributed by atoms with E-state index < -0.39 is 0 Å². The van der Waals surface area contributed by atoms with Gasteiger partial charge in [-0.25, -0.2) is 0 Å². The van der Waals surface area contributed by atoms with Crippen LogP contribution in [-0.2, 0) is 4.79 Å². The monoisotopic (exact) mass is 308 g/mol. The van der Waals surface area contributed by atoms with Gasteiger partial charge in [-0.2, -0.15) is 0 Å². The zero-order chi connectivity index (χ0) is 14.8. The fourth-order valence-electron chi connectivity index (χ4n) is 2.63. The molecule has 2 N–H and O–H groups in total. The van der Waals surface area contributed by atoms with E-state index in [0.29, 0.717) is 5.02 Å². The van der Waals surface area contributed by atoms with Gasteiger partial charge in [0.25, 0.3) is 0 Å². The number of rotatable bonds is 3. The maximum atomic E-state index is 11.9. The molecule has 1 atom stereocenters. The van der Waals surface area contributed by atoms with Gasteiger partial charge in [0.15, 0.2) is 0 Å². The molecule has 2 heterocycles. The molecule has 2 aliphatic heterocycles. The first kappa shape index (κ1) is 14.6. The Balaban J connectivity index is 1.66. The summed E-state index contributed by atoms with van der Waals surface area (Å²) in [5, 5.41) is 6.69. The molecule has 114 valence electrons. The molecule has 1 aromatic rings. The van der Waals surface area contributed by atoms with Crippen LogP contribution in [0.25, 0.3) is 0 Å². The van der Waals surface area contributed by atoms with Crippen LogP contribution in [0.15, 0.2) is 18.2 Å². The van der Waals surface area contributed by atoms with Crippen LogP contribution >= 0.6 is 11.6 Å². The Labute approximate surface area is 130 Å². The lowest BCUT2D eigenvalue weighted by Crippen LogP contribution is -2.50. The van der Waals surface area contributed by atoms with Gasteiger partial charge in [-0.05, 0) is 38.2 Å². The minimum atomic E-state index is -0.0546. The molecule has 0 aromatic heterocycles. The van der Waals surface area contributed by atoms with E-state index in [0.717, 1.165) is 50.5 Å². The first-order valence-electron chi connectivity index (χ1n) is 7.41. The predicted octanol–water partition coefficient (Wildman–Crippen LogP) is 1.39. The molecule has 2 aliphatic rings. The molecule has 3 rings (SSSR count). The summed E-state index contributed by atoms with van der Waals surface area (Å²) in [5.74, 6) is 0.0182. The van der Waals surface area contributed by atoms with E-state index in [4.69, 9.17) is 11.6 Å². The van der Waals surface area contributed by atoms with E-state index in [2.05, 4.69) is 27.5 Å². The molecule has 5 nitrogen and oxygen atoms in total. The highest BCUT2D eigenvalue weighted by Crippen LogP contribution is 2.29. The number of halogens is 1. The van der Waals surface area contributed by atoms with E-state index in [9.17, 15) is 4.79 Å². The molecule has 6 heteroatoms. The maximum Gasteiger partial charge on any atom is 0.241 e. The van der Waals surface area contributed by atoms with Crippen molar-refractivity contribution in [2.75, 3.05) is 50.0 Å². The first-order chi connectivity index (χ1) is 10.1. The van der Waals surface area contributed by atoms with Crippen LogP contribution in [0.3, 0.4) is 0 Å². The van der Waals surface area contributed by atoms with Crippen molar-refractivity contribution in [3.8, 4) is 0 Å². The largest absolute Gasteiger partial charge is 0.368 e. The zero-order valence-corrected chi connectivity index (χ0v) is 13.0. The lowest BCUT2D eigenvalue weighted by atomic mass is 10.1. The van der Waals surface area contributed by atoms with Crippen LogP contribution in [0.4, 0.5) is 11.4 Å². The summed E-state index contributed by atoms with van der Waals surface area (Å²) < 4.78 is 0. The number of amides is 1. The van der Waals surface area contributed by atoms with Crippen molar-refractivity contribution in [3.05, 3.63) is 23.2 Å². The quantitative estimate of drug-likeness (QED) is 0.886. The third kappa shape index (κ3) is 3.31. The average molecular weight is 309 g/mol. The Morgan fingerprint density at radius 3 is 2.62 bits per heavy atom. The molecule has 0 bridgehead atoms. The van der Waals surface area contributed by atoms with Crippen LogP contribution in [0.5, 0.6) is 0 Å². The van der Waals surface area contributed by atoms with Crippen molar-refractivity contribution >= 4 is 28.9 Å². The maximum absolute atomic E-state index is 11.9. The molecule has 0 aliphatic carbocycles. The number of nitrogens with zero attached hydrogens (tertiary/aromatic N) is 2. The van der Waals surface area contributed by atoms with Crippen molar-refractivity contribution in [1.82, 2.24) is 10.2 Å². The fraction of sp³-hybridized carbons (Fsp3) is 0.533. The summed E-state index contributed by atoms with van der Waals surface area (Å²) in [7, 11) is 2.13. The van der Waals surface area contributed by atoms with Crippen molar-refractivity contribution in [2.24, 2.45) is 0 Å². The second-order valence-corrected chi connectivity index (χ2v) is 6.15. The van der Waals surface area contributed by atoms with Gasteiger partial charge in [-0.15, -0.1) is 0 Å². The zero-order valence-electron chi connectivity index (χ0n) is 12.2. The van der Waals surface area contributed by atoms with Gasteiger partial charge in [0.05, 0.1) is 16.8 Å². The fourth-order valence-corrected chi connectivity index (χ4v) is 2.93. The topological polar surface area (TPSA) is 47.6 Å². The average Bonchev–Trinajstić information content (AvgIpc) is 2.38. The highest BCUT2D eigenvalue weighted by Gasteiger charge is 2.24. The number of likely N-dealkylation sites (N-methyl/N-ethyl adjacent to an activating group) is 1. The smallest absolute Gasteiger partial charge is 0.241 e. The van der Waals surface area contributed by atoms with Crippen LogP contribution < -0.4 is 15.5 Å². The standard InChI is InChI=1S/C15H21ClN4O/c1-19-6-8-20(9-7-19)14-3-2-11(10-12(14)16)18-15(21)13-4-5-17-13/h2-3,10,13,17H,4-9H2,1H3,(H,18,21). The molecule has 1 amide bonds. The van der Waals surface area contributed by atoms with Gasteiger partial charge in [0.1, 0.15) is 0 Å². The Morgan fingerprint density at radius 2 is 2.05 bits per heavy atom. The van der Waals surface area contributed by atoms with Crippen LogP contribution in [0.2, 0.25) is 5.02 Å². The SMILES string of the molecule is CN1CCN(c2ccc(NC(=O)C3CCN3)cc2Cl)CC1. The molecular formula is C15H21ClN4O. The number of carbonyl (C=O) groups excluding carboxylic acids is 1. The minimum Gasteiger partial charge on any atom is -0.368 e. The van der Waals surface area contributed by atoms with E-state index in [-0.39, 0.29) is 11.9 Å². The third-order valence-electron chi connectivity index (χ3n) is 4.20. The van der Waals surface area contributed by atoms with Crippen molar-refractivity contribution < 1.29 is 4.79 Å². The lowest BCUT2D eigenvalue weighted by Gasteiger charge is -2.34. The molecular weight excluding hydrogens is 288 g/mol. The minimum absolute atomic E-state index is 0.0182. The summed E-state index contributed by atoms with van der Waals surface area (Å²) in [4.78, 5) is 16.5. The number of benzene rings is 1. The van der Waals surface area contributed by atoms with Crippen LogP contribution in [-0.4, -0.2) is 56.6 Å². The number of hydrogen-bond donors (Lipinski definition) is 2. The number of carbonyl (C=O) groups is 1. The van der Waals surface area contributed by atoms with E-state index >= 15 is 0 Å². The highest BCUT2D eigenvalue weighted by molar-refractivity contribution is 6.33. The second kappa shape index (κ2) is 6.22. The summed E-state index contributed by atoms with van der Waals surface area (Å²) in [5.41, 5.74) is 1.81. The van der Waals surface area contributed by atoms with Gasteiger partial charge >= 0.3 is 0 Å². The molecule has 0 spiro atoms. The third-order valence-corrected chi connectivity index (χ3v) is 4.50. The number of piperazine rings is 1. The number of nitrogens with one attached hydrogen (secondary N) is 2. The Hall–Kier alpha value is -1.30. The molecule has 21 heavy (non-hydrogen) atoms. The Morgan fingerprint density at radius 1 is 1.33 bits per heavy atom. The molecule has 0 radical (unpaired) electrons. The van der Waals surface area contributed by atoms with Crippen molar-refractivity contribution in [3.63, 3.8) is 0 Å². The summed E-state index contributed by atoms with van der Waals surface area (Å²) in [6, 6.07) is 5.71. The van der Waals surface area contributed by atoms with Crippen LogP contribution in [0, 0.1) is 0 Å². The molecule has 1 aromatic carbocycles. The van der Waals surface area contributed by atoms with E-state index in [1.54, 1.807) is 0 Å². The molecule has 0 saturated carbocycles. The molecule has 1 unspecified atom stereocenters. The second-order valence-electron chi connectivity index (χ2n) is 5.74. The highest BCUT2D eigenvalue weighted by atomic mass is 35.5. The van der Waals surface area contributed by atoms with Crippen molar-refractivity contribution in [1.29, 1.82) is 0 Å². The lowest BCUT2D eigenvalue weighted by molar-refractivity contribution is -0.119.